The highest BCUT2D eigenvalue weighted by Crippen LogP contribution is 2.16. The van der Waals surface area contributed by atoms with E-state index in [4.69, 9.17) is 18.9 Å². The highest BCUT2D eigenvalue weighted by atomic mass is 31.1. The summed E-state index contributed by atoms with van der Waals surface area (Å²) in [6, 6.07) is 0. The third-order valence-electron chi connectivity index (χ3n) is 5.22. The van der Waals surface area contributed by atoms with Gasteiger partial charge in [0.25, 0.3) is 0 Å². The van der Waals surface area contributed by atoms with Gasteiger partial charge >= 0.3 is 14.2 Å². The van der Waals surface area contributed by atoms with Crippen LogP contribution in [-0.2, 0) is 23.4 Å². The monoisotopic (exact) mass is 450 g/mol. The van der Waals surface area contributed by atoms with Gasteiger partial charge in [0.05, 0.1) is 6.61 Å². The highest BCUT2D eigenvalue weighted by Gasteiger charge is 2.12. The van der Waals surface area contributed by atoms with Crippen molar-refractivity contribution in [3.05, 3.63) is 0 Å². The number of hydrogen-bond donors (Lipinski definition) is 1. The van der Waals surface area contributed by atoms with Crippen LogP contribution in [-0.4, -0.2) is 36.8 Å². The molecule has 180 valence electrons. The summed E-state index contributed by atoms with van der Waals surface area (Å²) in [6.45, 7) is 4.13. The zero-order valence-electron chi connectivity index (χ0n) is 19.5. The van der Waals surface area contributed by atoms with Gasteiger partial charge in [-0.05, 0) is 6.42 Å². The molecule has 0 radical (unpaired) electrons. The molecular formula is C23H47O6P. The van der Waals surface area contributed by atoms with Gasteiger partial charge in [0.1, 0.15) is 12.7 Å². The van der Waals surface area contributed by atoms with Gasteiger partial charge in [0.2, 0.25) is 0 Å². The molecule has 0 saturated heterocycles. The first kappa shape index (κ1) is 29.6. The number of ether oxygens (including phenoxy) is 2. The van der Waals surface area contributed by atoms with Gasteiger partial charge in [-0.3, -0.25) is 9.36 Å². The van der Waals surface area contributed by atoms with Gasteiger partial charge in [-0.25, -0.2) is 0 Å². The molecule has 0 aromatic heterocycles. The van der Waals surface area contributed by atoms with Gasteiger partial charge in [-0.2, -0.15) is 0 Å². The molecule has 0 aliphatic heterocycles. The predicted octanol–water partition coefficient (Wildman–Crippen LogP) is 6.59. The van der Waals surface area contributed by atoms with Crippen LogP contribution < -0.4 is 0 Å². The van der Waals surface area contributed by atoms with Crippen LogP contribution in [0.4, 0.5) is 0 Å². The normalized spacial score (nSPS) is 13.3. The minimum atomic E-state index is -3.00. The number of esters is 1. The molecule has 0 aromatic carbocycles. The molecule has 0 aliphatic carbocycles. The average molecular weight is 451 g/mol. The van der Waals surface area contributed by atoms with E-state index in [9.17, 15) is 9.36 Å². The second kappa shape index (κ2) is 23.2. The van der Waals surface area contributed by atoms with Crippen molar-refractivity contribution < 1.29 is 28.3 Å². The summed E-state index contributed by atoms with van der Waals surface area (Å²) in [7, 11) is -3.00. The first-order valence-electron chi connectivity index (χ1n) is 12.2. The molecule has 0 amide bonds. The molecule has 2 unspecified atom stereocenters. The van der Waals surface area contributed by atoms with Crippen molar-refractivity contribution >= 4 is 14.2 Å². The lowest BCUT2D eigenvalue weighted by Crippen LogP contribution is -2.26. The molecule has 0 saturated carbocycles. The molecule has 0 rings (SSSR count). The van der Waals surface area contributed by atoms with Crippen LogP contribution >= 0.6 is 8.25 Å². The fraction of sp³-hybridized carbons (Fsp3) is 0.957. The van der Waals surface area contributed by atoms with Crippen LogP contribution in [0.25, 0.3) is 0 Å². The Hall–Kier alpha value is -0.420. The second-order valence-electron chi connectivity index (χ2n) is 8.18. The van der Waals surface area contributed by atoms with Gasteiger partial charge in [-0.15, -0.1) is 0 Å². The fourth-order valence-corrected chi connectivity index (χ4v) is 3.75. The van der Waals surface area contributed by atoms with Crippen molar-refractivity contribution in [3.8, 4) is 0 Å². The van der Waals surface area contributed by atoms with E-state index in [1.165, 1.54) is 96.8 Å². The summed E-state index contributed by atoms with van der Waals surface area (Å²) in [5.74, 6) is -0.400. The Morgan fingerprint density at radius 3 is 1.60 bits per heavy atom. The van der Waals surface area contributed by atoms with E-state index < -0.39 is 20.3 Å². The van der Waals surface area contributed by atoms with Crippen LogP contribution in [0.2, 0.25) is 0 Å². The molecule has 6 nitrogen and oxygen atoms in total. The largest absolute Gasteiger partial charge is 0.463 e. The van der Waals surface area contributed by atoms with Crippen molar-refractivity contribution in [1.82, 2.24) is 0 Å². The standard InChI is InChI=1S/C23H47O6P/c1-3-4-5-6-7-8-9-10-11-12-13-14-15-16-17-18-19-27-23(20-28-22(2)24)21-29-30(25)26/h23,30H,3-21H2,1-2H3,(H,25,26). The van der Waals surface area contributed by atoms with E-state index in [1.54, 1.807) is 0 Å². The molecule has 0 spiro atoms. The van der Waals surface area contributed by atoms with Crippen molar-refractivity contribution in [2.75, 3.05) is 19.8 Å². The Labute approximate surface area is 185 Å². The fourth-order valence-electron chi connectivity index (χ4n) is 3.42. The maximum Gasteiger partial charge on any atom is 0.316 e. The SMILES string of the molecule is CCCCCCCCCCCCCCCCCCOC(COC(C)=O)CO[PH](=O)O. The Morgan fingerprint density at radius 1 is 0.767 bits per heavy atom. The molecule has 1 N–H and O–H groups in total. The molecule has 0 aliphatic rings. The summed E-state index contributed by atoms with van der Waals surface area (Å²) in [4.78, 5) is 19.7. The van der Waals surface area contributed by atoms with E-state index in [2.05, 4.69) is 6.92 Å². The van der Waals surface area contributed by atoms with Crippen molar-refractivity contribution in [2.24, 2.45) is 0 Å². The summed E-state index contributed by atoms with van der Waals surface area (Å²) in [6.07, 6.45) is 20.6. The van der Waals surface area contributed by atoms with E-state index >= 15 is 0 Å². The Morgan fingerprint density at radius 2 is 1.20 bits per heavy atom. The van der Waals surface area contributed by atoms with E-state index in [0.717, 1.165) is 12.8 Å². The Kier molecular flexibility index (Phi) is 22.9. The number of carbonyl (C=O) groups is 1. The third-order valence-corrected chi connectivity index (χ3v) is 5.63. The molecule has 0 heterocycles. The lowest BCUT2D eigenvalue weighted by atomic mass is 10.0. The summed E-state index contributed by atoms with van der Waals surface area (Å²) in [5, 5.41) is 0. The molecule has 0 aromatic rings. The summed E-state index contributed by atoms with van der Waals surface area (Å²) < 4.78 is 25.9. The van der Waals surface area contributed by atoms with Crippen molar-refractivity contribution in [3.63, 3.8) is 0 Å². The van der Waals surface area contributed by atoms with E-state index in [-0.39, 0.29) is 13.2 Å². The van der Waals surface area contributed by atoms with Gasteiger partial charge in [0, 0.05) is 13.5 Å². The minimum Gasteiger partial charge on any atom is -0.463 e. The van der Waals surface area contributed by atoms with Crippen LogP contribution in [0, 0.1) is 0 Å². The number of carbonyl (C=O) groups excluding carboxylic acids is 1. The van der Waals surface area contributed by atoms with Crippen LogP contribution in [0.1, 0.15) is 117 Å². The average Bonchev–Trinajstić information content (AvgIpc) is 2.71. The molecule has 0 bridgehead atoms. The Bertz CT molecular complexity index is 387. The lowest BCUT2D eigenvalue weighted by molar-refractivity contribution is -0.146. The van der Waals surface area contributed by atoms with Crippen LogP contribution in [0.3, 0.4) is 0 Å². The molecule has 2 atom stereocenters. The van der Waals surface area contributed by atoms with Gasteiger partial charge in [0.15, 0.2) is 0 Å². The highest BCUT2D eigenvalue weighted by molar-refractivity contribution is 7.32. The van der Waals surface area contributed by atoms with Crippen LogP contribution in [0.5, 0.6) is 0 Å². The topological polar surface area (TPSA) is 82.1 Å². The molecule has 30 heavy (non-hydrogen) atoms. The first-order valence-corrected chi connectivity index (χ1v) is 13.4. The van der Waals surface area contributed by atoms with Crippen molar-refractivity contribution in [2.45, 2.75) is 123 Å². The second-order valence-corrected chi connectivity index (χ2v) is 9.00. The predicted molar refractivity (Wildman–Crippen MR) is 123 cm³/mol. The number of rotatable bonds is 23. The molecule has 0 fully saturated rings. The maximum absolute atomic E-state index is 10.9. The number of unbranched alkanes of at least 4 members (excludes halogenated alkanes) is 15. The quantitative estimate of drug-likeness (QED) is 0.107. The smallest absolute Gasteiger partial charge is 0.316 e. The maximum atomic E-state index is 10.9. The zero-order chi connectivity index (χ0) is 22.3. The Balaban J connectivity index is 3.40. The zero-order valence-corrected chi connectivity index (χ0v) is 20.5. The summed E-state index contributed by atoms with van der Waals surface area (Å²) >= 11 is 0. The van der Waals surface area contributed by atoms with Crippen LogP contribution in [0.15, 0.2) is 0 Å². The van der Waals surface area contributed by atoms with Gasteiger partial charge in [-0.1, -0.05) is 103 Å². The molecular weight excluding hydrogens is 403 g/mol. The first-order chi connectivity index (χ1) is 14.6. The molecule has 7 heteroatoms. The van der Waals surface area contributed by atoms with E-state index in [1.807, 2.05) is 0 Å². The van der Waals surface area contributed by atoms with E-state index in [0.29, 0.717) is 6.61 Å². The number of hydrogen-bond acceptors (Lipinski definition) is 5. The van der Waals surface area contributed by atoms with Gasteiger partial charge < -0.3 is 18.9 Å². The summed E-state index contributed by atoms with van der Waals surface area (Å²) in [5.41, 5.74) is 0. The lowest BCUT2D eigenvalue weighted by Gasteiger charge is -2.17. The minimum absolute atomic E-state index is 0.0412. The van der Waals surface area contributed by atoms with Crippen molar-refractivity contribution in [1.29, 1.82) is 0 Å². The third kappa shape index (κ3) is 23.9.